The molecule has 1 unspecified atom stereocenters. The first-order valence-electron chi connectivity index (χ1n) is 11.2. The predicted octanol–water partition coefficient (Wildman–Crippen LogP) is 3.29. The minimum Gasteiger partial charge on any atom is -0.489 e. The molecule has 1 aromatic carbocycles. The topological polar surface area (TPSA) is 120 Å². The van der Waals surface area contributed by atoms with Crippen LogP contribution in [0.2, 0.25) is 0 Å². The Hall–Kier alpha value is -3.03. The number of nitrogens with zero attached hydrogens (tertiary/aromatic N) is 4. The van der Waals surface area contributed by atoms with E-state index in [0.29, 0.717) is 28.9 Å². The lowest BCUT2D eigenvalue weighted by Crippen LogP contribution is -2.32. The number of ether oxygens (including phenoxy) is 2. The van der Waals surface area contributed by atoms with Crippen LogP contribution in [0, 0.1) is 5.82 Å². The summed E-state index contributed by atoms with van der Waals surface area (Å²) in [5.41, 5.74) is 0.653. The number of rotatable bonds is 11. The number of amides is 2. The van der Waals surface area contributed by atoms with Crippen LogP contribution < -0.4 is 15.4 Å². The molecule has 1 aliphatic heterocycles. The fourth-order valence-corrected chi connectivity index (χ4v) is 4.82. The molecule has 0 saturated carbocycles. The SMILES string of the molecule is CCCOc1cn(-c2ccc(F)cc2)nc1C(=O)Nc1nnc(SCC(=O)NCC2CCCO2)s1. The molecule has 1 atom stereocenters. The average Bonchev–Trinajstić information content (AvgIpc) is 3.62. The number of thioether (sulfide) groups is 1. The van der Waals surface area contributed by atoms with E-state index in [1.807, 2.05) is 6.92 Å². The highest BCUT2D eigenvalue weighted by Crippen LogP contribution is 2.27. The van der Waals surface area contributed by atoms with E-state index >= 15 is 0 Å². The van der Waals surface area contributed by atoms with Crippen LogP contribution in [0.15, 0.2) is 34.8 Å². The molecule has 10 nitrogen and oxygen atoms in total. The minimum atomic E-state index is -0.515. The molecule has 0 radical (unpaired) electrons. The van der Waals surface area contributed by atoms with Crippen molar-refractivity contribution in [3.05, 3.63) is 42.0 Å². The first-order chi connectivity index (χ1) is 17.0. The van der Waals surface area contributed by atoms with Crippen molar-refractivity contribution in [2.75, 3.05) is 30.8 Å². The van der Waals surface area contributed by atoms with Gasteiger partial charge in [0.25, 0.3) is 5.91 Å². The quantitative estimate of drug-likeness (QED) is 0.292. The van der Waals surface area contributed by atoms with E-state index in [0.717, 1.165) is 37.2 Å². The first kappa shape index (κ1) is 25.1. The third-order valence-electron chi connectivity index (χ3n) is 4.95. The van der Waals surface area contributed by atoms with Crippen molar-refractivity contribution in [1.29, 1.82) is 0 Å². The Labute approximate surface area is 209 Å². The number of carbonyl (C=O) groups is 2. The van der Waals surface area contributed by atoms with Gasteiger partial charge in [0.05, 0.1) is 30.3 Å². The Bertz CT molecular complexity index is 1150. The van der Waals surface area contributed by atoms with Crippen molar-refractivity contribution in [2.45, 2.75) is 36.6 Å². The van der Waals surface area contributed by atoms with E-state index in [1.54, 1.807) is 18.3 Å². The zero-order valence-electron chi connectivity index (χ0n) is 19.0. The van der Waals surface area contributed by atoms with Gasteiger partial charge in [0.15, 0.2) is 15.8 Å². The average molecular weight is 521 g/mol. The van der Waals surface area contributed by atoms with Gasteiger partial charge in [-0.05, 0) is 43.5 Å². The molecular formula is C22H25FN6O4S2. The molecule has 4 rings (SSSR count). The molecular weight excluding hydrogens is 495 g/mol. The zero-order chi connectivity index (χ0) is 24.6. The number of benzene rings is 1. The van der Waals surface area contributed by atoms with E-state index < -0.39 is 5.91 Å². The summed E-state index contributed by atoms with van der Waals surface area (Å²) in [5.74, 6) is -0.511. The Kier molecular flexibility index (Phi) is 8.66. The van der Waals surface area contributed by atoms with Gasteiger partial charge in [0, 0.05) is 13.2 Å². The van der Waals surface area contributed by atoms with Gasteiger partial charge < -0.3 is 14.8 Å². The van der Waals surface area contributed by atoms with Gasteiger partial charge in [0.2, 0.25) is 11.0 Å². The second kappa shape index (κ2) is 12.1. The molecule has 13 heteroatoms. The lowest BCUT2D eigenvalue weighted by molar-refractivity contribution is -0.119. The highest BCUT2D eigenvalue weighted by molar-refractivity contribution is 8.01. The summed E-state index contributed by atoms with van der Waals surface area (Å²) >= 11 is 2.39. The molecule has 0 aliphatic carbocycles. The fraction of sp³-hybridized carbons (Fsp3) is 0.409. The lowest BCUT2D eigenvalue weighted by atomic mass is 10.2. The predicted molar refractivity (Wildman–Crippen MR) is 130 cm³/mol. The van der Waals surface area contributed by atoms with Crippen LogP contribution in [-0.2, 0) is 9.53 Å². The Morgan fingerprint density at radius 2 is 2.14 bits per heavy atom. The number of halogens is 1. The second-order valence-corrected chi connectivity index (χ2v) is 9.87. The van der Waals surface area contributed by atoms with Crippen molar-refractivity contribution in [2.24, 2.45) is 0 Å². The monoisotopic (exact) mass is 520 g/mol. The number of aromatic nitrogens is 4. The minimum absolute atomic E-state index is 0.0701. The molecule has 186 valence electrons. The summed E-state index contributed by atoms with van der Waals surface area (Å²) in [6, 6.07) is 5.73. The molecule has 0 bridgehead atoms. The van der Waals surface area contributed by atoms with Gasteiger partial charge in [-0.3, -0.25) is 14.9 Å². The number of nitrogens with one attached hydrogen (secondary N) is 2. The van der Waals surface area contributed by atoms with Crippen LogP contribution >= 0.6 is 23.1 Å². The fourth-order valence-electron chi connectivity index (χ4n) is 3.25. The molecule has 2 N–H and O–H groups in total. The van der Waals surface area contributed by atoms with Gasteiger partial charge in [-0.25, -0.2) is 9.07 Å². The highest BCUT2D eigenvalue weighted by Gasteiger charge is 2.21. The van der Waals surface area contributed by atoms with E-state index in [9.17, 15) is 14.0 Å². The zero-order valence-corrected chi connectivity index (χ0v) is 20.7. The molecule has 1 saturated heterocycles. The van der Waals surface area contributed by atoms with Crippen molar-refractivity contribution >= 4 is 40.0 Å². The maximum absolute atomic E-state index is 13.3. The van der Waals surface area contributed by atoms with Gasteiger partial charge in [0.1, 0.15) is 5.82 Å². The molecule has 2 amide bonds. The summed E-state index contributed by atoms with van der Waals surface area (Å²) in [6.07, 6.45) is 4.40. The van der Waals surface area contributed by atoms with E-state index in [2.05, 4.69) is 25.9 Å². The standard InChI is InChI=1S/C22H25FN6O4S2/c1-2-9-33-17-12-29(15-7-5-14(23)6-8-15)28-19(17)20(31)25-21-26-27-22(35-21)34-13-18(30)24-11-16-4-3-10-32-16/h5-8,12,16H,2-4,9-11,13H2,1H3,(H,24,30)(H,25,26,31). The summed E-state index contributed by atoms with van der Waals surface area (Å²) in [6.45, 7) is 3.61. The summed E-state index contributed by atoms with van der Waals surface area (Å²) < 4.78 is 26.5. The molecule has 3 heterocycles. The van der Waals surface area contributed by atoms with Gasteiger partial charge in [-0.2, -0.15) is 5.10 Å². The normalized spacial score (nSPS) is 15.2. The van der Waals surface area contributed by atoms with Crippen LogP contribution in [0.4, 0.5) is 9.52 Å². The number of hydrogen-bond donors (Lipinski definition) is 2. The summed E-state index contributed by atoms with van der Waals surface area (Å²) in [4.78, 5) is 25.0. The Morgan fingerprint density at radius 1 is 1.31 bits per heavy atom. The summed E-state index contributed by atoms with van der Waals surface area (Å²) in [7, 11) is 0. The Balaban J connectivity index is 1.35. The third-order valence-corrected chi connectivity index (χ3v) is 6.93. The molecule has 3 aromatic rings. The Morgan fingerprint density at radius 3 is 2.89 bits per heavy atom. The van der Waals surface area contributed by atoms with E-state index in [-0.39, 0.29) is 34.4 Å². The maximum atomic E-state index is 13.3. The van der Waals surface area contributed by atoms with Gasteiger partial charge in [-0.1, -0.05) is 30.0 Å². The smallest absolute Gasteiger partial charge is 0.281 e. The van der Waals surface area contributed by atoms with E-state index in [4.69, 9.17) is 9.47 Å². The van der Waals surface area contributed by atoms with E-state index in [1.165, 1.54) is 28.6 Å². The van der Waals surface area contributed by atoms with Crippen molar-refractivity contribution in [3.63, 3.8) is 0 Å². The van der Waals surface area contributed by atoms with Crippen molar-refractivity contribution < 1.29 is 23.5 Å². The molecule has 1 aliphatic rings. The van der Waals surface area contributed by atoms with Crippen LogP contribution in [0.25, 0.3) is 5.69 Å². The highest BCUT2D eigenvalue weighted by atomic mass is 32.2. The third kappa shape index (κ3) is 6.99. The number of anilines is 1. The van der Waals surface area contributed by atoms with Gasteiger partial charge in [-0.15, -0.1) is 10.2 Å². The van der Waals surface area contributed by atoms with Crippen molar-refractivity contribution in [3.8, 4) is 11.4 Å². The van der Waals surface area contributed by atoms with Crippen LogP contribution in [0.1, 0.15) is 36.7 Å². The molecule has 0 spiro atoms. The van der Waals surface area contributed by atoms with Crippen LogP contribution in [0.5, 0.6) is 5.75 Å². The van der Waals surface area contributed by atoms with Crippen LogP contribution in [0.3, 0.4) is 0 Å². The van der Waals surface area contributed by atoms with Crippen molar-refractivity contribution in [1.82, 2.24) is 25.3 Å². The first-order valence-corrected chi connectivity index (χ1v) is 13.0. The van der Waals surface area contributed by atoms with Crippen LogP contribution in [-0.4, -0.2) is 63.4 Å². The second-order valence-electron chi connectivity index (χ2n) is 7.67. The van der Waals surface area contributed by atoms with Gasteiger partial charge >= 0.3 is 0 Å². The molecule has 35 heavy (non-hydrogen) atoms. The lowest BCUT2D eigenvalue weighted by Gasteiger charge is -2.09. The molecule has 1 fully saturated rings. The number of hydrogen-bond acceptors (Lipinski definition) is 9. The molecule has 2 aromatic heterocycles. The maximum Gasteiger partial charge on any atom is 0.281 e. The summed E-state index contributed by atoms with van der Waals surface area (Å²) in [5, 5.41) is 18.1. The largest absolute Gasteiger partial charge is 0.489 e. The number of carbonyl (C=O) groups excluding carboxylic acids is 2.